The lowest BCUT2D eigenvalue weighted by Gasteiger charge is -2.14. The van der Waals surface area contributed by atoms with Gasteiger partial charge >= 0.3 is 0 Å². The van der Waals surface area contributed by atoms with Crippen molar-refractivity contribution in [1.82, 2.24) is 5.32 Å². The molecular formula is C13H21N3O. The lowest BCUT2D eigenvalue weighted by molar-refractivity contribution is -0.124. The van der Waals surface area contributed by atoms with E-state index in [1.54, 1.807) is 0 Å². The maximum atomic E-state index is 11.6. The van der Waals surface area contributed by atoms with E-state index < -0.39 is 0 Å². The highest BCUT2D eigenvalue weighted by atomic mass is 16.1. The summed E-state index contributed by atoms with van der Waals surface area (Å²) >= 11 is 0. The number of nitrogens with zero attached hydrogens (tertiary/aromatic N) is 1. The summed E-state index contributed by atoms with van der Waals surface area (Å²) in [5.41, 5.74) is 7.66. The number of hydrogen-bond acceptors (Lipinski definition) is 3. The van der Waals surface area contributed by atoms with Gasteiger partial charge in [0, 0.05) is 38.8 Å². The minimum atomic E-state index is -0.132. The van der Waals surface area contributed by atoms with Crippen LogP contribution in [0.25, 0.3) is 0 Å². The van der Waals surface area contributed by atoms with Crippen molar-refractivity contribution in [3.8, 4) is 0 Å². The average molecular weight is 235 g/mol. The molecule has 0 fully saturated rings. The molecule has 94 valence electrons. The van der Waals surface area contributed by atoms with Gasteiger partial charge in [0.25, 0.3) is 0 Å². The smallest absolute Gasteiger partial charge is 0.224 e. The summed E-state index contributed by atoms with van der Waals surface area (Å²) in [5.74, 6) is -0.130. The molecule has 17 heavy (non-hydrogen) atoms. The van der Waals surface area contributed by atoms with Crippen LogP contribution in [0.1, 0.15) is 12.5 Å². The molecule has 0 radical (unpaired) electrons. The Morgan fingerprint density at radius 2 is 2.18 bits per heavy atom. The van der Waals surface area contributed by atoms with Crippen molar-refractivity contribution in [2.45, 2.75) is 13.5 Å². The van der Waals surface area contributed by atoms with E-state index in [9.17, 15) is 4.79 Å². The average Bonchev–Trinajstić information content (AvgIpc) is 2.35. The first-order valence-corrected chi connectivity index (χ1v) is 5.78. The number of carbonyl (C=O) groups excluding carboxylic acids is 1. The molecular weight excluding hydrogens is 214 g/mol. The van der Waals surface area contributed by atoms with Crippen molar-refractivity contribution in [2.75, 3.05) is 25.5 Å². The van der Waals surface area contributed by atoms with Gasteiger partial charge in [0.15, 0.2) is 0 Å². The Morgan fingerprint density at radius 3 is 2.76 bits per heavy atom. The summed E-state index contributed by atoms with van der Waals surface area (Å²) in [4.78, 5) is 13.6. The normalized spacial score (nSPS) is 12.0. The molecule has 0 spiro atoms. The van der Waals surface area contributed by atoms with Crippen LogP contribution in [-0.2, 0) is 11.3 Å². The zero-order chi connectivity index (χ0) is 12.8. The second kappa shape index (κ2) is 6.25. The maximum Gasteiger partial charge on any atom is 0.224 e. The predicted molar refractivity (Wildman–Crippen MR) is 70.8 cm³/mol. The highest BCUT2D eigenvalue weighted by Crippen LogP contribution is 2.13. The van der Waals surface area contributed by atoms with Crippen molar-refractivity contribution >= 4 is 11.6 Å². The number of nitrogens with one attached hydrogen (secondary N) is 1. The van der Waals surface area contributed by atoms with E-state index in [0.717, 1.165) is 11.3 Å². The second-order valence-corrected chi connectivity index (χ2v) is 4.42. The molecule has 1 amide bonds. The summed E-state index contributed by atoms with van der Waals surface area (Å²) in [6, 6.07) is 8.09. The quantitative estimate of drug-likeness (QED) is 0.799. The summed E-state index contributed by atoms with van der Waals surface area (Å²) < 4.78 is 0. The molecule has 4 heteroatoms. The number of hydrogen-bond donors (Lipinski definition) is 2. The van der Waals surface area contributed by atoms with Gasteiger partial charge in [-0.25, -0.2) is 0 Å². The minimum absolute atomic E-state index is 0.00255. The molecule has 1 atom stereocenters. The highest BCUT2D eigenvalue weighted by Gasteiger charge is 2.09. The van der Waals surface area contributed by atoms with Crippen molar-refractivity contribution in [1.29, 1.82) is 0 Å². The van der Waals surface area contributed by atoms with Crippen LogP contribution in [0.15, 0.2) is 24.3 Å². The molecule has 1 rings (SSSR count). The van der Waals surface area contributed by atoms with E-state index in [0.29, 0.717) is 13.1 Å². The Hall–Kier alpha value is -1.55. The van der Waals surface area contributed by atoms with Crippen LogP contribution >= 0.6 is 0 Å². The number of carbonyl (C=O) groups is 1. The summed E-state index contributed by atoms with van der Waals surface area (Å²) in [7, 11) is 3.99. The predicted octanol–water partition coefficient (Wildman–Crippen LogP) is 0.964. The minimum Gasteiger partial charge on any atom is -0.378 e. The SMILES string of the molecule is CC(CN)C(=O)NCc1cccc(N(C)C)c1. The lowest BCUT2D eigenvalue weighted by Crippen LogP contribution is -2.32. The van der Waals surface area contributed by atoms with E-state index >= 15 is 0 Å². The molecule has 1 unspecified atom stereocenters. The molecule has 1 aromatic rings. The molecule has 0 aromatic heterocycles. The van der Waals surface area contributed by atoms with Gasteiger partial charge in [0.2, 0.25) is 5.91 Å². The van der Waals surface area contributed by atoms with Gasteiger partial charge in [-0.05, 0) is 17.7 Å². The van der Waals surface area contributed by atoms with Crippen molar-refractivity contribution in [3.05, 3.63) is 29.8 Å². The third kappa shape index (κ3) is 4.07. The summed E-state index contributed by atoms with van der Waals surface area (Å²) in [6.07, 6.45) is 0. The zero-order valence-electron chi connectivity index (χ0n) is 10.7. The molecule has 0 aliphatic rings. The van der Waals surface area contributed by atoms with Crippen LogP contribution in [0.5, 0.6) is 0 Å². The van der Waals surface area contributed by atoms with E-state index in [1.165, 1.54) is 0 Å². The van der Waals surface area contributed by atoms with Gasteiger partial charge in [-0.3, -0.25) is 4.79 Å². The number of anilines is 1. The van der Waals surface area contributed by atoms with Gasteiger partial charge in [0.1, 0.15) is 0 Å². The Bertz CT molecular complexity index is 377. The Balaban J connectivity index is 2.57. The fourth-order valence-corrected chi connectivity index (χ4v) is 1.42. The van der Waals surface area contributed by atoms with Crippen LogP contribution in [0.2, 0.25) is 0 Å². The van der Waals surface area contributed by atoms with Crippen LogP contribution in [0.4, 0.5) is 5.69 Å². The Labute approximate surface area is 103 Å². The first-order valence-electron chi connectivity index (χ1n) is 5.78. The van der Waals surface area contributed by atoms with Gasteiger partial charge in [-0.2, -0.15) is 0 Å². The molecule has 0 heterocycles. The van der Waals surface area contributed by atoms with Gasteiger partial charge in [-0.1, -0.05) is 19.1 Å². The number of rotatable bonds is 5. The first kappa shape index (κ1) is 13.5. The monoisotopic (exact) mass is 235 g/mol. The van der Waals surface area contributed by atoms with Gasteiger partial charge < -0.3 is 16.0 Å². The van der Waals surface area contributed by atoms with Crippen LogP contribution in [-0.4, -0.2) is 26.5 Å². The Morgan fingerprint density at radius 1 is 1.47 bits per heavy atom. The van der Waals surface area contributed by atoms with Crippen LogP contribution < -0.4 is 16.0 Å². The topological polar surface area (TPSA) is 58.4 Å². The summed E-state index contributed by atoms with van der Waals surface area (Å²) in [6.45, 7) is 2.75. The van der Waals surface area contributed by atoms with E-state index in [4.69, 9.17) is 5.73 Å². The van der Waals surface area contributed by atoms with E-state index in [1.807, 2.05) is 44.1 Å². The van der Waals surface area contributed by atoms with Gasteiger partial charge in [-0.15, -0.1) is 0 Å². The third-order valence-electron chi connectivity index (χ3n) is 2.69. The lowest BCUT2D eigenvalue weighted by atomic mass is 10.1. The molecule has 3 N–H and O–H groups in total. The molecule has 0 bridgehead atoms. The highest BCUT2D eigenvalue weighted by molar-refractivity contribution is 5.78. The number of benzene rings is 1. The molecule has 4 nitrogen and oxygen atoms in total. The van der Waals surface area contributed by atoms with Gasteiger partial charge in [0.05, 0.1) is 0 Å². The molecule has 0 saturated heterocycles. The first-order chi connectivity index (χ1) is 8.04. The van der Waals surface area contributed by atoms with Crippen molar-refractivity contribution in [2.24, 2.45) is 11.7 Å². The molecule has 1 aromatic carbocycles. The maximum absolute atomic E-state index is 11.6. The fourth-order valence-electron chi connectivity index (χ4n) is 1.42. The second-order valence-electron chi connectivity index (χ2n) is 4.42. The van der Waals surface area contributed by atoms with Crippen molar-refractivity contribution in [3.63, 3.8) is 0 Å². The molecule has 0 aliphatic carbocycles. The largest absolute Gasteiger partial charge is 0.378 e. The fraction of sp³-hybridized carbons (Fsp3) is 0.462. The van der Waals surface area contributed by atoms with Crippen molar-refractivity contribution < 1.29 is 4.79 Å². The van der Waals surface area contributed by atoms with E-state index in [2.05, 4.69) is 11.4 Å². The summed E-state index contributed by atoms with van der Waals surface area (Å²) in [5, 5.41) is 2.88. The standard InChI is InChI=1S/C13H21N3O/c1-10(8-14)13(17)15-9-11-5-4-6-12(7-11)16(2)3/h4-7,10H,8-9,14H2,1-3H3,(H,15,17). The number of nitrogens with two attached hydrogens (primary N) is 1. The zero-order valence-corrected chi connectivity index (χ0v) is 10.7. The molecule has 0 saturated carbocycles. The van der Waals surface area contributed by atoms with Crippen LogP contribution in [0, 0.1) is 5.92 Å². The Kier molecular flexibility index (Phi) is 4.97. The molecule has 0 aliphatic heterocycles. The van der Waals surface area contributed by atoms with E-state index in [-0.39, 0.29) is 11.8 Å². The third-order valence-corrected chi connectivity index (χ3v) is 2.69. The number of amides is 1. The van der Waals surface area contributed by atoms with Crippen LogP contribution in [0.3, 0.4) is 0 Å².